The second kappa shape index (κ2) is 16.8. The molecule has 1 aromatic heterocycles. The lowest BCUT2D eigenvalue weighted by atomic mass is 9.89. The second-order valence-corrected chi connectivity index (χ2v) is 15.2. The van der Waals surface area contributed by atoms with E-state index in [1.165, 1.54) is 16.7 Å². The van der Waals surface area contributed by atoms with Gasteiger partial charge < -0.3 is 10.5 Å². The number of anilines is 1. The number of hydrogen-bond donors (Lipinski definition) is 2. The number of fused-ring (bicyclic) bond motifs is 1. The molecule has 3 fully saturated rings. The van der Waals surface area contributed by atoms with E-state index in [9.17, 15) is 19.1 Å². The van der Waals surface area contributed by atoms with Gasteiger partial charge in [-0.1, -0.05) is 17.7 Å². The molecule has 14 nitrogen and oxygen atoms in total. The zero-order valence-corrected chi connectivity index (χ0v) is 30.9. The predicted octanol–water partition coefficient (Wildman–Crippen LogP) is 4.16. The maximum atomic E-state index is 13.5. The van der Waals surface area contributed by atoms with Gasteiger partial charge in [-0.15, -0.1) is 0 Å². The number of allylic oxidation sites excluding steroid dienone is 1. The highest BCUT2D eigenvalue weighted by Crippen LogP contribution is 2.34. The third-order valence-corrected chi connectivity index (χ3v) is 11.4. The number of benzene rings is 2. The van der Waals surface area contributed by atoms with E-state index < -0.39 is 17.0 Å². The van der Waals surface area contributed by atoms with Gasteiger partial charge >= 0.3 is 6.03 Å². The molecule has 3 aromatic rings. The zero-order valence-electron chi connectivity index (χ0n) is 29.3. The van der Waals surface area contributed by atoms with E-state index in [2.05, 4.69) is 43.5 Å². The maximum absolute atomic E-state index is 13.5. The number of nitrogens with zero attached hydrogens (tertiary/aromatic N) is 8. The summed E-state index contributed by atoms with van der Waals surface area (Å²) in [5.41, 5.74) is 7.83. The lowest BCUT2D eigenvalue weighted by Gasteiger charge is -2.34. The Hall–Kier alpha value is -4.62. The summed E-state index contributed by atoms with van der Waals surface area (Å²) in [6, 6.07) is 13.3. The third-order valence-electron chi connectivity index (χ3n) is 9.69. The van der Waals surface area contributed by atoms with Gasteiger partial charge in [-0.2, -0.15) is 10.4 Å². The van der Waals surface area contributed by atoms with E-state index in [0.29, 0.717) is 59.2 Å². The molecule has 0 saturated carbocycles. The molecule has 0 radical (unpaired) electrons. The molecular weight excluding hydrogens is 704 g/mol. The number of carbonyl (C=O) groups is 2. The summed E-state index contributed by atoms with van der Waals surface area (Å²) in [6.45, 7) is 6.01. The fourth-order valence-corrected chi connectivity index (χ4v) is 8.32. The van der Waals surface area contributed by atoms with Gasteiger partial charge in [-0.3, -0.25) is 29.6 Å². The topological polar surface area (TPSA) is 175 Å². The molecule has 6 rings (SSSR count). The van der Waals surface area contributed by atoms with Gasteiger partial charge in [0.15, 0.2) is 5.82 Å². The van der Waals surface area contributed by atoms with E-state index in [1.54, 1.807) is 29.1 Å². The Kier molecular flexibility index (Phi) is 12.0. The molecule has 3 N–H and O–H groups in total. The molecule has 2 unspecified atom stereocenters. The van der Waals surface area contributed by atoms with Crippen LogP contribution in [0.3, 0.4) is 0 Å². The number of ether oxygens (including phenoxy) is 1. The van der Waals surface area contributed by atoms with Crippen LogP contribution >= 0.6 is 11.6 Å². The second-order valence-electron chi connectivity index (χ2n) is 13.3. The van der Waals surface area contributed by atoms with Crippen LogP contribution in [0.1, 0.15) is 56.1 Å². The van der Waals surface area contributed by atoms with Crippen LogP contribution < -0.4 is 20.7 Å². The number of aliphatic imine (C=N–C) groups is 2. The molecule has 0 aliphatic carbocycles. The number of nitrogens with two attached hydrogens (primary N) is 1. The monoisotopic (exact) mass is 746 g/mol. The number of urea groups is 1. The van der Waals surface area contributed by atoms with Gasteiger partial charge in [0.05, 0.1) is 33.4 Å². The van der Waals surface area contributed by atoms with Crippen LogP contribution in [0.4, 0.5) is 10.6 Å². The standard InChI is InChI=1S/C36H43ClN10O4S/c1-24(51-33-18-30(5-3-27(33)19-38)52(50)46-14-9-29(10-15-46)41-21-28(37)20-40-23-39)22-45-12-7-25(8-13-45)26-4-6-31-32(17-26)44(2)43-35(31)47-16-11-34(48)42-36(47)49/h3-6,17-18,20-21,23-25,29H,7-16,22H2,1-2H3,(H2,39,40)(H,42,48,49)/b28-20+,41-21?. The Morgan fingerprint density at radius 1 is 1.15 bits per heavy atom. The number of halogens is 1. The highest BCUT2D eigenvalue weighted by atomic mass is 35.5. The van der Waals surface area contributed by atoms with Crippen LogP contribution in [-0.4, -0.2) is 99.1 Å². The van der Waals surface area contributed by atoms with Gasteiger partial charge in [0.2, 0.25) is 5.91 Å². The zero-order chi connectivity index (χ0) is 36.8. The predicted molar refractivity (Wildman–Crippen MR) is 202 cm³/mol. The molecule has 16 heteroatoms. The number of carbonyl (C=O) groups excluding carboxylic acids is 2. The van der Waals surface area contributed by atoms with Crippen molar-refractivity contribution in [2.45, 2.75) is 62.0 Å². The molecule has 3 saturated heterocycles. The van der Waals surface area contributed by atoms with Crippen LogP contribution in [-0.2, 0) is 22.8 Å². The minimum Gasteiger partial charge on any atom is -0.488 e. The quantitative estimate of drug-likeness (QED) is 0.217. The van der Waals surface area contributed by atoms with Crippen LogP contribution in [0.5, 0.6) is 5.75 Å². The van der Waals surface area contributed by atoms with Crippen LogP contribution in [0.2, 0.25) is 0 Å². The molecule has 2 atom stereocenters. The van der Waals surface area contributed by atoms with E-state index in [4.69, 9.17) is 22.1 Å². The Bertz CT molecular complexity index is 1960. The number of nitrogens with one attached hydrogen (secondary N) is 1. The van der Waals surface area contributed by atoms with Crippen molar-refractivity contribution in [3.63, 3.8) is 0 Å². The summed E-state index contributed by atoms with van der Waals surface area (Å²) in [7, 11) is 0.465. The van der Waals surface area contributed by atoms with Crippen molar-refractivity contribution in [1.82, 2.24) is 24.3 Å². The lowest BCUT2D eigenvalue weighted by molar-refractivity contribution is -0.120. The molecule has 3 aliphatic rings. The number of amides is 3. The first kappa shape index (κ1) is 37.1. The Labute approximate surface area is 310 Å². The van der Waals surface area contributed by atoms with Gasteiger partial charge in [-0.25, -0.2) is 18.3 Å². The van der Waals surface area contributed by atoms with Crippen molar-refractivity contribution >= 4 is 63.8 Å². The summed E-state index contributed by atoms with van der Waals surface area (Å²) < 4.78 is 23.6. The van der Waals surface area contributed by atoms with Gasteiger partial charge in [0, 0.05) is 57.4 Å². The summed E-state index contributed by atoms with van der Waals surface area (Å²) in [4.78, 5) is 36.9. The minimum absolute atomic E-state index is 0.0752. The Morgan fingerprint density at radius 3 is 2.63 bits per heavy atom. The summed E-state index contributed by atoms with van der Waals surface area (Å²) >= 11 is 6.07. The lowest BCUT2D eigenvalue weighted by Crippen LogP contribution is -2.49. The molecule has 4 heterocycles. The summed E-state index contributed by atoms with van der Waals surface area (Å²) in [5.74, 6) is 1.11. The van der Waals surface area contributed by atoms with Crippen molar-refractivity contribution in [2.75, 3.05) is 44.2 Å². The third kappa shape index (κ3) is 8.70. The number of piperidine rings is 2. The molecular formula is C36H43ClN10O4S. The van der Waals surface area contributed by atoms with E-state index in [0.717, 1.165) is 56.0 Å². The first-order chi connectivity index (χ1) is 25.1. The largest absolute Gasteiger partial charge is 0.488 e. The SMILES string of the molecule is CC(CN1CCC(c2ccc3c(N4CCC(=O)NC4=O)nn(C)c3c2)CC1)Oc1cc(S(=O)N2CCC(N=C/C(Cl)=C\N=CN)CC2)ccc1C#N. The van der Waals surface area contributed by atoms with Crippen LogP contribution in [0, 0.1) is 11.3 Å². The summed E-state index contributed by atoms with van der Waals surface area (Å²) in [6.07, 6.45) is 7.65. The number of nitriles is 1. The normalized spacial score (nSPS) is 20.1. The van der Waals surface area contributed by atoms with Gasteiger partial charge in [0.1, 0.15) is 28.9 Å². The molecule has 52 heavy (non-hydrogen) atoms. The number of aryl methyl sites for hydroxylation is 1. The molecule has 3 amide bonds. The molecule has 274 valence electrons. The molecule has 0 spiro atoms. The number of aromatic nitrogens is 2. The Morgan fingerprint density at radius 2 is 1.92 bits per heavy atom. The van der Waals surface area contributed by atoms with Crippen LogP contribution in [0.15, 0.2) is 62.5 Å². The van der Waals surface area contributed by atoms with E-state index in [-0.39, 0.29) is 24.5 Å². The minimum atomic E-state index is -1.41. The van der Waals surface area contributed by atoms with Gasteiger partial charge in [0.25, 0.3) is 0 Å². The van der Waals surface area contributed by atoms with E-state index in [1.807, 2.05) is 24.3 Å². The van der Waals surface area contributed by atoms with Crippen molar-refractivity contribution in [3.8, 4) is 11.8 Å². The van der Waals surface area contributed by atoms with Crippen molar-refractivity contribution in [1.29, 1.82) is 5.26 Å². The van der Waals surface area contributed by atoms with Crippen molar-refractivity contribution in [2.24, 2.45) is 22.8 Å². The Balaban J connectivity index is 1.02. The fraction of sp³-hybridized carbons (Fsp3) is 0.444. The smallest absolute Gasteiger partial charge is 0.329 e. The fourth-order valence-electron chi connectivity index (χ4n) is 6.97. The summed E-state index contributed by atoms with van der Waals surface area (Å²) in [5, 5.41) is 18.1. The number of likely N-dealkylation sites (tertiary alicyclic amines) is 1. The maximum Gasteiger partial charge on any atom is 0.329 e. The van der Waals surface area contributed by atoms with Crippen molar-refractivity contribution in [3.05, 3.63) is 58.8 Å². The average molecular weight is 747 g/mol. The molecule has 2 aromatic carbocycles. The van der Waals surface area contributed by atoms with Gasteiger partial charge in [-0.05, 0) is 87.5 Å². The highest BCUT2D eigenvalue weighted by Gasteiger charge is 2.29. The average Bonchev–Trinajstić information content (AvgIpc) is 3.48. The van der Waals surface area contributed by atoms with Crippen molar-refractivity contribution < 1.29 is 18.5 Å². The number of rotatable bonds is 11. The first-order valence-corrected chi connectivity index (χ1v) is 18.9. The van der Waals surface area contributed by atoms with Crippen LogP contribution in [0.25, 0.3) is 10.9 Å². The number of imide groups is 1. The molecule has 3 aliphatic heterocycles. The highest BCUT2D eigenvalue weighted by molar-refractivity contribution is 7.82. The molecule has 0 bridgehead atoms. The van der Waals surface area contributed by atoms with E-state index >= 15 is 0 Å². The first-order valence-electron chi connectivity index (χ1n) is 17.4. The number of hydrogen-bond acceptors (Lipinski definition) is 9.